The van der Waals surface area contributed by atoms with Gasteiger partial charge in [-0.2, -0.15) is 17.8 Å². The molecule has 5 aromatic rings. The molecule has 0 aliphatic heterocycles. The number of nitrogens with one attached hydrogen (secondary N) is 3. The minimum absolute atomic E-state index is 0.168. The van der Waals surface area contributed by atoms with Gasteiger partial charge in [0.1, 0.15) is 6.04 Å². The van der Waals surface area contributed by atoms with E-state index < -0.39 is 17.9 Å². The quantitative estimate of drug-likeness (QED) is 0.0686. The number of amides is 3. The summed E-state index contributed by atoms with van der Waals surface area (Å²) in [7, 11) is 0. The monoisotopic (exact) mass is 703 g/mol. The summed E-state index contributed by atoms with van der Waals surface area (Å²) >= 11 is 4.39. The van der Waals surface area contributed by atoms with Gasteiger partial charge in [-0.05, 0) is 45.9 Å². The van der Waals surface area contributed by atoms with E-state index in [2.05, 4.69) is 50.8 Å². The molecule has 1 heterocycles. The third-order valence-electron chi connectivity index (χ3n) is 8.75. The summed E-state index contributed by atoms with van der Waals surface area (Å²) in [6.45, 7) is 2.83. The van der Waals surface area contributed by atoms with Gasteiger partial charge in [0, 0.05) is 30.8 Å². The molecule has 0 aliphatic carbocycles. The summed E-state index contributed by atoms with van der Waals surface area (Å²) in [5.74, 6) is -0.372. The predicted molar refractivity (Wildman–Crippen MR) is 203 cm³/mol. The van der Waals surface area contributed by atoms with E-state index in [1.165, 1.54) is 0 Å². The Morgan fingerprint density at radius 2 is 1.43 bits per heavy atom. The van der Waals surface area contributed by atoms with E-state index in [0.29, 0.717) is 37.5 Å². The fraction of sp³-hybridized carbons (Fsp3) is 0.300. The Morgan fingerprint density at radius 3 is 2.06 bits per heavy atom. The van der Waals surface area contributed by atoms with Crippen LogP contribution >= 0.6 is 12.6 Å². The average molecular weight is 704 g/mol. The summed E-state index contributed by atoms with van der Waals surface area (Å²) in [5, 5.41) is 20.2. The number of carbonyl (C=O) groups is 3. The molecule has 0 bridgehead atoms. The summed E-state index contributed by atoms with van der Waals surface area (Å²) in [6.07, 6.45) is 3.67. The zero-order chi connectivity index (χ0) is 35.8. The number of H-pyrrole nitrogens is 1. The highest BCUT2D eigenvalue weighted by Crippen LogP contribution is 2.30. The van der Waals surface area contributed by atoms with Crippen molar-refractivity contribution in [3.05, 3.63) is 126 Å². The van der Waals surface area contributed by atoms with Crippen molar-refractivity contribution >= 4 is 30.4 Å². The normalized spacial score (nSPS) is 12.1. The van der Waals surface area contributed by atoms with Gasteiger partial charge in [0.25, 0.3) is 0 Å². The number of hydrogen-bond acceptors (Lipinski definition) is 7. The largest absolute Gasteiger partial charge is 0.347 e. The molecule has 0 fully saturated rings. The van der Waals surface area contributed by atoms with Crippen molar-refractivity contribution in [2.45, 2.75) is 51.6 Å². The number of benzene rings is 4. The molecule has 1 aromatic heterocycles. The molecule has 0 saturated heterocycles. The second-order valence-electron chi connectivity index (χ2n) is 12.5. The zero-order valence-corrected chi connectivity index (χ0v) is 29.8. The first-order valence-electron chi connectivity index (χ1n) is 17.4. The third kappa shape index (κ3) is 10.8. The van der Waals surface area contributed by atoms with Crippen molar-refractivity contribution < 1.29 is 14.4 Å². The smallest absolute Gasteiger partial charge is 0.245 e. The highest BCUT2D eigenvalue weighted by atomic mass is 32.1. The number of hydrogen-bond donors (Lipinski definition) is 4. The number of tetrazole rings is 1. The van der Waals surface area contributed by atoms with Gasteiger partial charge in [0.05, 0.1) is 12.5 Å². The summed E-state index contributed by atoms with van der Waals surface area (Å²) in [6, 6.07) is 34.5. The number of nitrogens with zero attached hydrogens (tertiary/aromatic N) is 4. The number of aromatic amines is 1. The molecule has 4 aromatic carbocycles. The molecule has 5 rings (SSSR count). The van der Waals surface area contributed by atoms with Gasteiger partial charge >= 0.3 is 0 Å². The van der Waals surface area contributed by atoms with E-state index in [-0.39, 0.29) is 18.4 Å². The topological polar surface area (TPSA) is 133 Å². The SMILES string of the molecule is CCCCCN(Cc1ccc(-c2ccccc2-c2nn[nH]n2)cc1)C(=O)C(Cc1ccccc1)NC(=O)CNC(=O)C(CS)Cc1ccccc1. The Labute approximate surface area is 304 Å². The second kappa shape index (κ2) is 19.2. The molecule has 3 amide bonds. The van der Waals surface area contributed by atoms with E-state index in [1.54, 1.807) is 0 Å². The van der Waals surface area contributed by atoms with Gasteiger partial charge in [-0.1, -0.05) is 129 Å². The molecular weight excluding hydrogens is 659 g/mol. The number of thiol groups is 1. The van der Waals surface area contributed by atoms with E-state index in [4.69, 9.17) is 0 Å². The Bertz CT molecular complexity index is 1820. The summed E-state index contributed by atoms with van der Waals surface area (Å²) in [5.41, 5.74) is 5.74. The molecule has 3 N–H and O–H groups in total. The highest BCUT2D eigenvalue weighted by molar-refractivity contribution is 7.80. The molecule has 51 heavy (non-hydrogen) atoms. The highest BCUT2D eigenvalue weighted by Gasteiger charge is 2.27. The molecular formula is C40H45N7O3S. The first-order chi connectivity index (χ1) is 24.9. The summed E-state index contributed by atoms with van der Waals surface area (Å²) < 4.78 is 0. The maximum absolute atomic E-state index is 14.3. The van der Waals surface area contributed by atoms with Crippen molar-refractivity contribution in [1.82, 2.24) is 36.2 Å². The minimum Gasteiger partial charge on any atom is -0.347 e. The molecule has 0 radical (unpaired) electrons. The minimum atomic E-state index is -0.815. The standard InChI is InChI=1S/C40H45N7O3S/c1-2-3-12-23-47(27-31-19-21-32(22-20-31)34-17-10-11-18-35(34)38-43-45-46-44-38)40(50)36(25-30-15-8-5-9-16-30)42-37(48)26-41-39(49)33(28-51)24-29-13-6-4-7-14-29/h4-11,13-22,33,36,51H,2-3,12,23-28H2,1H3,(H,41,49)(H,42,48)(H,43,44,45,46). The van der Waals surface area contributed by atoms with Crippen molar-refractivity contribution in [2.24, 2.45) is 5.92 Å². The van der Waals surface area contributed by atoms with E-state index in [0.717, 1.165) is 52.6 Å². The lowest BCUT2D eigenvalue weighted by Gasteiger charge is -2.28. The van der Waals surface area contributed by atoms with Gasteiger partial charge in [-0.3, -0.25) is 14.4 Å². The molecule has 10 nitrogen and oxygen atoms in total. The number of unbranched alkanes of at least 4 members (excludes halogenated alkanes) is 2. The average Bonchev–Trinajstić information content (AvgIpc) is 3.72. The zero-order valence-electron chi connectivity index (χ0n) is 28.9. The number of carbonyl (C=O) groups excluding carboxylic acids is 3. The molecule has 0 spiro atoms. The van der Waals surface area contributed by atoms with Crippen LogP contribution in [-0.4, -0.2) is 68.1 Å². The Hall–Kier alpha value is -5.29. The van der Waals surface area contributed by atoms with Gasteiger partial charge in [0.15, 0.2) is 0 Å². The fourth-order valence-corrected chi connectivity index (χ4v) is 6.30. The molecule has 0 aliphatic rings. The van der Waals surface area contributed by atoms with Gasteiger partial charge in [-0.15, -0.1) is 10.2 Å². The van der Waals surface area contributed by atoms with Crippen LogP contribution in [0.3, 0.4) is 0 Å². The van der Waals surface area contributed by atoms with E-state index >= 15 is 0 Å². The van der Waals surface area contributed by atoms with Crippen molar-refractivity contribution in [3.8, 4) is 22.5 Å². The lowest BCUT2D eigenvalue weighted by molar-refractivity contribution is -0.137. The van der Waals surface area contributed by atoms with Crippen molar-refractivity contribution in [2.75, 3.05) is 18.8 Å². The van der Waals surface area contributed by atoms with Crippen LogP contribution in [0.25, 0.3) is 22.5 Å². The maximum atomic E-state index is 14.3. The first-order valence-corrected chi connectivity index (χ1v) is 18.0. The number of aromatic nitrogens is 4. The van der Waals surface area contributed by atoms with Crippen LogP contribution in [-0.2, 0) is 33.8 Å². The van der Waals surface area contributed by atoms with Gasteiger partial charge < -0.3 is 15.5 Å². The Morgan fingerprint density at radius 1 is 0.784 bits per heavy atom. The van der Waals surface area contributed by atoms with Crippen LogP contribution in [0.1, 0.15) is 42.9 Å². The van der Waals surface area contributed by atoms with Crippen LogP contribution in [0.2, 0.25) is 0 Å². The van der Waals surface area contributed by atoms with Crippen molar-refractivity contribution in [1.29, 1.82) is 0 Å². The van der Waals surface area contributed by atoms with Crippen LogP contribution in [0.4, 0.5) is 0 Å². The van der Waals surface area contributed by atoms with Crippen molar-refractivity contribution in [3.63, 3.8) is 0 Å². The maximum Gasteiger partial charge on any atom is 0.245 e. The Kier molecular flexibility index (Phi) is 13.9. The molecule has 0 saturated carbocycles. The van der Waals surface area contributed by atoms with Crippen LogP contribution in [0, 0.1) is 5.92 Å². The predicted octanol–water partition coefficient (Wildman–Crippen LogP) is 5.68. The molecule has 11 heteroatoms. The first kappa shape index (κ1) is 37.0. The van der Waals surface area contributed by atoms with E-state index in [9.17, 15) is 14.4 Å². The third-order valence-corrected chi connectivity index (χ3v) is 9.19. The Balaban J connectivity index is 1.29. The lowest BCUT2D eigenvalue weighted by atomic mass is 9.98. The van der Waals surface area contributed by atoms with Crippen LogP contribution < -0.4 is 10.6 Å². The van der Waals surface area contributed by atoms with Crippen LogP contribution in [0.15, 0.2) is 109 Å². The number of rotatable bonds is 18. The van der Waals surface area contributed by atoms with Crippen LogP contribution in [0.5, 0.6) is 0 Å². The lowest BCUT2D eigenvalue weighted by Crippen LogP contribution is -2.52. The van der Waals surface area contributed by atoms with Gasteiger partial charge in [-0.25, -0.2) is 0 Å². The molecule has 2 unspecified atom stereocenters. The molecule has 2 atom stereocenters. The van der Waals surface area contributed by atoms with Gasteiger partial charge in [0.2, 0.25) is 23.5 Å². The fourth-order valence-electron chi connectivity index (χ4n) is 6.00. The summed E-state index contributed by atoms with van der Waals surface area (Å²) in [4.78, 5) is 42.5. The van der Waals surface area contributed by atoms with E-state index in [1.807, 2.05) is 114 Å². The molecule has 264 valence electrons. The second-order valence-corrected chi connectivity index (χ2v) is 12.9.